The second kappa shape index (κ2) is 2.18. The normalized spacial score (nSPS) is 32.6. The number of aliphatic imine (C=N–C) groups is 1. The molecule has 48 valence electrons. The lowest BCUT2D eigenvalue weighted by atomic mass is 9.87. The fraction of sp³-hybridized carbons (Fsp3) is 0.375. The highest BCUT2D eigenvalue weighted by Crippen LogP contribution is 2.22. The summed E-state index contributed by atoms with van der Waals surface area (Å²) in [4.78, 5) is 4.02. The van der Waals surface area contributed by atoms with Crippen LogP contribution in [0, 0.1) is 5.41 Å². The molecule has 0 aromatic rings. The Morgan fingerprint density at radius 2 is 2.56 bits per heavy atom. The summed E-state index contributed by atoms with van der Waals surface area (Å²) < 4.78 is 0. The van der Waals surface area contributed by atoms with Gasteiger partial charge < -0.3 is 0 Å². The molecule has 1 atom stereocenters. The largest absolute Gasteiger partial charge is 0.269 e. The molecule has 1 aliphatic heterocycles. The Kier molecular flexibility index (Phi) is 1.52. The second-order valence-corrected chi connectivity index (χ2v) is 2.58. The fourth-order valence-electron chi connectivity index (χ4n) is 0.770. The van der Waals surface area contributed by atoms with Gasteiger partial charge in [-0.3, -0.25) is 4.99 Å². The van der Waals surface area contributed by atoms with Gasteiger partial charge >= 0.3 is 0 Å². The van der Waals surface area contributed by atoms with Crippen molar-refractivity contribution in [2.75, 3.05) is 0 Å². The standard InChI is InChI=1S/C8H11N/c1-3-8(2)5-4-6-9-7-8/h3-4,6-7H,1,5H2,2H3. The third-order valence-corrected chi connectivity index (χ3v) is 1.58. The topological polar surface area (TPSA) is 12.4 Å². The van der Waals surface area contributed by atoms with E-state index in [0.717, 1.165) is 6.42 Å². The molecule has 0 bridgehead atoms. The van der Waals surface area contributed by atoms with Gasteiger partial charge in [-0.1, -0.05) is 19.1 Å². The Morgan fingerprint density at radius 1 is 1.78 bits per heavy atom. The molecule has 1 rings (SSSR count). The Morgan fingerprint density at radius 3 is 2.89 bits per heavy atom. The van der Waals surface area contributed by atoms with E-state index in [9.17, 15) is 0 Å². The molecule has 0 aromatic heterocycles. The van der Waals surface area contributed by atoms with Crippen LogP contribution in [0.15, 0.2) is 29.9 Å². The average Bonchev–Trinajstić information content (AvgIpc) is 1.90. The molecule has 1 heteroatoms. The first kappa shape index (κ1) is 6.27. The maximum absolute atomic E-state index is 4.02. The lowest BCUT2D eigenvalue weighted by Crippen LogP contribution is -2.14. The molecule has 0 aliphatic carbocycles. The monoisotopic (exact) mass is 121 g/mol. The van der Waals surface area contributed by atoms with Crippen molar-refractivity contribution in [3.05, 3.63) is 24.9 Å². The van der Waals surface area contributed by atoms with E-state index in [1.54, 1.807) is 0 Å². The SMILES string of the molecule is C=CC1(C)C=NC=CC1. The fourth-order valence-corrected chi connectivity index (χ4v) is 0.770. The molecule has 0 aromatic carbocycles. The highest BCUT2D eigenvalue weighted by atomic mass is 14.7. The van der Waals surface area contributed by atoms with Gasteiger partial charge in [0, 0.05) is 17.8 Å². The second-order valence-electron chi connectivity index (χ2n) is 2.58. The van der Waals surface area contributed by atoms with Gasteiger partial charge in [0.25, 0.3) is 0 Å². The van der Waals surface area contributed by atoms with Crippen molar-refractivity contribution in [1.29, 1.82) is 0 Å². The molecular formula is C8H11N. The molecule has 0 radical (unpaired) electrons. The van der Waals surface area contributed by atoms with Crippen LogP contribution in [0.2, 0.25) is 0 Å². The minimum Gasteiger partial charge on any atom is -0.269 e. The molecule has 0 saturated carbocycles. The van der Waals surface area contributed by atoms with Crippen LogP contribution in [0.5, 0.6) is 0 Å². The first-order valence-electron chi connectivity index (χ1n) is 3.10. The quantitative estimate of drug-likeness (QED) is 0.471. The molecule has 1 heterocycles. The van der Waals surface area contributed by atoms with Gasteiger partial charge in [-0.15, -0.1) is 6.58 Å². The van der Waals surface area contributed by atoms with E-state index < -0.39 is 0 Å². The van der Waals surface area contributed by atoms with Gasteiger partial charge in [-0.2, -0.15) is 0 Å². The van der Waals surface area contributed by atoms with E-state index in [1.165, 1.54) is 0 Å². The molecule has 0 N–H and O–H groups in total. The highest BCUT2D eigenvalue weighted by Gasteiger charge is 2.16. The van der Waals surface area contributed by atoms with Gasteiger partial charge in [0.1, 0.15) is 0 Å². The average molecular weight is 121 g/mol. The number of allylic oxidation sites excluding steroid dienone is 2. The van der Waals surface area contributed by atoms with Crippen LogP contribution in [-0.2, 0) is 0 Å². The highest BCUT2D eigenvalue weighted by molar-refractivity contribution is 5.69. The number of rotatable bonds is 1. The Balaban J connectivity index is 2.73. The van der Waals surface area contributed by atoms with Crippen molar-refractivity contribution in [2.24, 2.45) is 10.4 Å². The Hall–Kier alpha value is -0.850. The van der Waals surface area contributed by atoms with Crippen LogP contribution in [0.4, 0.5) is 0 Å². The minimum atomic E-state index is 0.106. The molecule has 0 amide bonds. The Bertz CT molecular complexity index is 167. The van der Waals surface area contributed by atoms with Crippen molar-refractivity contribution in [2.45, 2.75) is 13.3 Å². The minimum absolute atomic E-state index is 0.106. The summed E-state index contributed by atoms with van der Waals surface area (Å²) in [6, 6.07) is 0. The van der Waals surface area contributed by atoms with Crippen LogP contribution >= 0.6 is 0 Å². The molecule has 1 nitrogen and oxygen atoms in total. The van der Waals surface area contributed by atoms with E-state index in [1.807, 2.05) is 18.5 Å². The van der Waals surface area contributed by atoms with E-state index in [4.69, 9.17) is 0 Å². The summed E-state index contributed by atoms with van der Waals surface area (Å²) in [7, 11) is 0. The van der Waals surface area contributed by atoms with Crippen molar-refractivity contribution in [3.63, 3.8) is 0 Å². The predicted molar refractivity (Wildman–Crippen MR) is 40.6 cm³/mol. The van der Waals surface area contributed by atoms with Crippen molar-refractivity contribution < 1.29 is 0 Å². The van der Waals surface area contributed by atoms with E-state index >= 15 is 0 Å². The van der Waals surface area contributed by atoms with Gasteiger partial charge in [0.15, 0.2) is 0 Å². The first-order chi connectivity index (χ1) is 4.27. The lowest BCUT2D eigenvalue weighted by Gasteiger charge is -2.19. The molecule has 0 fully saturated rings. The van der Waals surface area contributed by atoms with Crippen LogP contribution < -0.4 is 0 Å². The Labute approximate surface area is 55.8 Å². The summed E-state index contributed by atoms with van der Waals surface area (Å²) in [5.74, 6) is 0. The van der Waals surface area contributed by atoms with Crippen molar-refractivity contribution >= 4 is 6.21 Å². The van der Waals surface area contributed by atoms with Crippen molar-refractivity contribution in [3.8, 4) is 0 Å². The number of hydrogen-bond donors (Lipinski definition) is 0. The van der Waals surface area contributed by atoms with Crippen molar-refractivity contribution in [1.82, 2.24) is 0 Å². The first-order valence-corrected chi connectivity index (χ1v) is 3.10. The molecule has 0 saturated heterocycles. The zero-order chi connectivity index (χ0) is 6.74. The summed E-state index contributed by atoms with van der Waals surface area (Å²) in [5.41, 5.74) is 0.106. The molecule has 9 heavy (non-hydrogen) atoms. The van der Waals surface area contributed by atoms with Crippen LogP contribution in [0.3, 0.4) is 0 Å². The maximum Gasteiger partial charge on any atom is 0.0240 e. The number of hydrogen-bond acceptors (Lipinski definition) is 1. The van der Waals surface area contributed by atoms with E-state index in [2.05, 4.69) is 24.6 Å². The lowest BCUT2D eigenvalue weighted by molar-refractivity contribution is 0.616. The third kappa shape index (κ3) is 1.28. The summed E-state index contributed by atoms with van der Waals surface area (Å²) in [6.07, 6.45) is 8.77. The smallest absolute Gasteiger partial charge is 0.0240 e. The zero-order valence-corrected chi connectivity index (χ0v) is 5.67. The van der Waals surface area contributed by atoms with Gasteiger partial charge in [0.05, 0.1) is 0 Å². The zero-order valence-electron chi connectivity index (χ0n) is 5.67. The van der Waals surface area contributed by atoms with Crippen LogP contribution in [-0.4, -0.2) is 6.21 Å². The molecule has 1 unspecified atom stereocenters. The molecule has 1 aliphatic rings. The van der Waals surface area contributed by atoms with E-state index in [0.29, 0.717) is 0 Å². The van der Waals surface area contributed by atoms with Gasteiger partial charge in [0.2, 0.25) is 0 Å². The van der Waals surface area contributed by atoms with Crippen LogP contribution in [0.25, 0.3) is 0 Å². The van der Waals surface area contributed by atoms with Gasteiger partial charge in [-0.25, -0.2) is 0 Å². The summed E-state index contributed by atoms with van der Waals surface area (Å²) >= 11 is 0. The summed E-state index contributed by atoms with van der Waals surface area (Å²) in [6.45, 7) is 5.85. The van der Waals surface area contributed by atoms with Crippen LogP contribution in [0.1, 0.15) is 13.3 Å². The van der Waals surface area contributed by atoms with Gasteiger partial charge in [-0.05, 0) is 6.42 Å². The summed E-state index contributed by atoms with van der Waals surface area (Å²) in [5, 5.41) is 0. The third-order valence-electron chi connectivity index (χ3n) is 1.58. The number of nitrogens with zero attached hydrogens (tertiary/aromatic N) is 1. The molecular weight excluding hydrogens is 110 g/mol. The predicted octanol–water partition coefficient (Wildman–Crippen LogP) is 2.17. The van der Waals surface area contributed by atoms with E-state index in [-0.39, 0.29) is 5.41 Å². The molecule has 0 spiro atoms. The maximum atomic E-state index is 4.02.